The average molecular weight is 415 g/mol. The monoisotopic (exact) mass is 413 g/mol. The Labute approximate surface area is 148 Å². The molecule has 2 amide bonds. The summed E-state index contributed by atoms with van der Waals surface area (Å²) in [6, 6.07) is 2.95. The third kappa shape index (κ3) is 8.09. The van der Waals surface area contributed by atoms with E-state index in [1.165, 1.54) is 11.3 Å². The standard InChI is InChI=1S/C13H20BrN3O3S.ClH/c1-9(12(18)16-6-5-15-7-8-20-2)17-13(19)10-3-4-11(14)21-10;/h3-4,9,15H,5-8H2,1-2H3,(H,16,18)(H,17,19);1H. The van der Waals surface area contributed by atoms with Crippen LogP contribution in [0.5, 0.6) is 0 Å². The molecule has 3 N–H and O–H groups in total. The molecule has 1 aromatic heterocycles. The summed E-state index contributed by atoms with van der Waals surface area (Å²) in [5.41, 5.74) is 0. The van der Waals surface area contributed by atoms with E-state index in [2.05, 4.69) is 31.9 Å². The van der Waals surface area contributed by atoms with Gasteiger partial charge in [0.1, 0.15) is 6.04 Å². The molecule has 1 atom stereocenters. The molecule has 1 rings (SSSR count). The van der Waals surface area contributed by atoms with Gasteiger partial charge in [-0.25, -0.2) is 0 Å². The van der Waals surface area contributed by atoms with Crippen LogP contribution in [0.2, 0.25) is 0 Å². The number of carbonyl (C=O) groups excluding carboxylic acids is 2. The first-order valence-corrected chi connectivity index (χ1v) is 8.19. The minimum Gasteiger partial charge on any atom is -0.383 e. The number of hydrogen-bond acceptors (Lipinski definition) is 5. The van der Waals surface area contributed by atoms with Gasteiger partial charge in [0.25, 0.3) is 5.91 Å². The third-order valence-electron chi connectivity index (χ3n) is 2.62. The molecule has 0 radical (unpaired) electrons. The highest BCUT2D eigenvalue weighted by Gasteiger charge is 2.17. The van der Waals surface area contributed by atoms with E-state index in [0.717, 1.165) is 10.3 Å². The number of amides is 2. The zero-order valence-electron chi connectivity index (χ0n) is 12.5. The van der Waals surface area contributed by atoms with E-state index < -0.39 is 6.04 Å². The van der Waals surface area contributed by atoms with Gasteiger partial charge in [-0.2, -0.15) is 0 Å². The van der Waals surface area contributed by atoms with Crippen molar-refractivity contribution in [1.29, 1.82) is 0 Å². The van der Waals surface area contributed by atoms with Crippen LogP contribution in [0.4, 0.5) is 0 Å². The van der Waals surface area contributed by atoms with E-state index >= 15 is 0 Å². The van der Waals surface area contributed by atoms with Crippen molar-refractivity contribution >= 4 is 51.5 Å². The van der Waals surface area contributed by atoms with Crippen molar-refractivity contribution in [3.05, 3.63) is 20.8 Å². The van der Waals surface area contributed by atoms with E-state index in [9.17, 15) is 9.59 Å². The summed E-state index contributed by atoms with van der Waals surface area (Å²) in [4.78, 5) is 24.3. The first-order chi connectivity index (χ1) is 10.0. The first-order valence-electron chi connectivity index (χ1n) is 6.58. The van der Waals surface area contributed by atoms with Crippen molar-refractivity contribution in [2.24, 2.45) is 0 Å². The van der Waals surface area contributed by atoms with E-state index in [1.54, 1.807) is 26.2 Å². The Balaban J connectivity index is 0.00000441. The lowest BCUT2D eigenvalue weighted by atomic mass is 10.3. The van der Waals surface area contributed by atoms with Gasteiger partial charge in [0.05, 0.1) is 15.3 Å². The van der Waals surface area contributed by atoms with E-state index in [0.29, 0.717) is 24.6 Å². The fraction of sp³-hybridized carbons (Fsp3) is 0.538. The maximum atomic E-state index is 11.9. The van der Waals surface area contributed by atoms with E-state index in [-0.39, 0.29) is 24.2 Å². The Bertz CT molecular complexity index is 473. The van der Waals surface area contributed by atoms with Gasteiger partial charge in [-0.15, -0.1) is 23.7 Å². The van der Waals surface area contributed by atoms with Crippen LogP contribution in [-0.2, 0) is 9.53 Å². The number of carbonyl (C=O) groups is 2. The van der Waals surface area contributed by atoms with Crippen LogP contribution in [0.1, 0.15) is 16.6 Å². The molecule has 0 bridgehead atoms. The van der Waals surface area contributed by atoms with Crippen molar-refractivity contribution in [3.8, 4) is 0 Å². The van der Waals surface area contributed by atoms with Gasteiger partial charge in [0.15, 0.2) is 0 Å². The second-order valence-electron chi connectivity index (χ2n) is 4.33. The number of methoxy groups -OCH3 is 1. The Morgan fingerprint density at radius 3 is 2.64 bits per heavy atom. The number of nitrogens with one attached hydrogen (secondary N) is 3. The summed E-state index contributed by atoms with van der Waals surface area (Å²) < 4.78 is 5.78. The van der Waals surface area contributed by atoms with E-state index in [1.807, 2.05) is 0 Å². The van der Waals surface area contributed by atoms with Crippen LogP contribution in [0.15, 0.2) is 15.9 Å². The Kier molecular flexibility index (Phi) is 11.5. The summed E-state index contributed by atoms with van der Waals surface area (Å²) in [5, 5.41) is 8.55. The largest absolute Gasteiger partial charge is 0.383 e. The van der Waals surface area contributed by atoms with Gasteiger partial charge in [0.2, 0.25) is 5.91 Å². The number of ether oxygens (including phenoxy) is 1. The molecule has 0 aliphatic heterocycles. The molecule has 22 heavy (non-hydrogen) atoms. The number of halogens is 2. The van der Waals surface area contributed by atoms with Gasteiger partial charge >= 0.3 is 0 Å². The van der Waals surface area contributed by atoms with Crippen LogP contribution < -0.4 is 16.0 Å². The minimum absolute atomic E-state index is 0. The van der Waals surface area contributed by atoms with Crippen molar-refractivity contribution in [3.63, 3.8) is 0 Å². The fourth-order valence-corrected chi connectivity index (χ4v) is 2.79. The van der Waals surface area contributed by atoms with Crippen LogP contribution in [0.3, 0.4) is 0 Å². The third-order valence-corrected chi connectivity index (χ3v) is 4.24. The zero-order valence-corrected chi connectivity index (χ0v) is 15.7. The Morgan fingerprint density at radius 2 is 2.05 bits per heavy atom. The van der Waals surface area contributed by atoms with Crippen LogP contribution >= 0.6 is 39.7 Å². The summed E-state index contributed by atoms with van der Waals surface area (Å²) in [7, 11) is 1.64. The Hall–Kier alpha value is -0.670. The molecule has 0 saturated heterocycles. The smallest absolute Gasteiger partial charge is 0.262 e. The molecule has 1 aromatic rings. The second-order valence-corrected chi connectivity index (χ2v) is 6.80. The van der Waals surface area contributed by atoms with Gasteiger partial charge in [0, 0.05) is 26.7 Å². The maximum absolute atomic E-state index is 11.9. The SMILES string of the molecule is COCCNCCNC(=O)C(C)NC(=O)c1ccc(Br)s1.Cl. The number of rotatable bonds is 9. The zero-order chi connectivity index (χ0) is 15.7. The summed E-state index contributed by atoms with van der Waals surface area (Å²) in [6.07, 6.45) is 0. The molecular weight excluding hydrogens is 394 g/mol. The van der Waals surface area contributed by atoms with Gasteiger partial charge in [-0.1, -0.05) is 0 Å². The molecule has 9 heteroatoms. The fourth-order valence-electron chi connectivity index (χ4n) is 1.50. The average Bonchev–Trinajstić information content (AvgIpc) is 2.89. The number of hydrogen-bond donors (Lipinski definition) is 3. The lowest BCUT2D eigenvalue weighted by Gasteiger charge is -2.13. The van der Waals surface area contributed by atoms with E-state index in [4.69, 9.17) is 4.74 Å². The van der Waals surface area contributed by atoms with Crippen molar-refractivity contribution < 1.29 is 14.3 Å². The van der Waals surface area contributed by atoms with Crippen molar-refractivity contribution in [2.45, 2.75) is 13.0 Å². The highest BCUT2D eigenvalue weighted by atomic mass is 79.9. The van der Waals surface area contributed by atoms with Crippen LogP contribution in [0.25, 0.3) is 0 Å². The summed E-state index contributed by atoms with van der Waals surface area (Å²) >= 11 is 4.63. The van der Waals surface area contributed by atoms with Crippen molar-refractivity contribution in [1.82, 2.24) is 16.0 Å². The molecule has 0 fully saturated rings. The molecule has 0 aliphatic rings. The maximum Gasteiger partial charge on any atom is 0.262 e. The molecule has 1 heterocycles. The predicted molar refractivity (Wildman–Crippen MR) is 94.0 cm³/mol. The van der Waals surface area contributed by atoms with Crippen LogP contribution in [-0.4, -0.2) is 51.2 Å². The summed E-state index contributed by atoms with van der Waals surface area (Å²) in [6.45, 7) is 4.21. The lowest BCUT2D eigenvalue weighted by molar-refractivity contribution is -0.122. The van der Waals surface area contributed by atoms with Crippen LogP contribution in [0, 0.1) is 0 Å². The van der Waals surface area contributed by atoms with Gasteiger partial charge < -0.3 is 20.7 Å². The molecule has 0 aromatic carbocycles. The minimum atomic E-state index is -0.572. The number of thiophene rings is 1. The summed E-state index contributed by atoms with van der Waals surface area (Å²) in [5.74, 6) is -0.445. The lowest BCUT2D eigenvalue weighted by Crippen LogP contribution is -2.46. The van der Waals surface area contributed by atoms with Gasteiger partial charge in [-0.3, -0.25) is 9.59 Å². The Morgan fingerprint density at radius 1 is 1.32 bits per heavy atom. The molecule has 1 unspecified atom stereocenters. The van der Waals surface area contributed by atoms with Crippen molar-refractivity contribution in [2.75, 3.05) is 33.4 Å². The highest BCUT2D eigenvalue weighted by Crippen LogP contribution is 2.21. The predicted octanol–water partition coefficient (Wildman–Crippen LogP) is 1.40. The topological polar surface area (TPSA) is 79.5 Å². The molecule has 0 saturated carbocycles. The first kappa shape index (κ1) is 21.3. The molecular formula is C13H21BrClN3O3S. The molecule has 6 nitrogen and oxygen atoms in total. The molecule has 126 valence electrons. The van der Waals surface area contributed by atoms with Gasteiger partial charge in [-0.05, 0) is 35.0 Å². The normalized spacial score (nSPS) is 11.4. The molecule has 0 aliphatic carbocycles. The quantitative estimate of drug-likeness (QED) is 0.534. The molecule has 0 spiro atoms. The highest BCUT2D eigenvalue weighted by molar-refractivity contribution is 9.11. The second kappa shape index (κ2) is 11.8.